The Morgan fingerprint density at radius 1 is 1.04 bits per heavy atom. The van der Waals surface area contributed by atoms with Crippen molar-refractivity contribution < 1.29 is 26.9 Å². The van der Waals surface area contributed by atoms with Gasteiger partial charge >= 0.3 is 5.97 Å². The third-order valence-corrected chi connectivity index (χ3v) is 5.87. The number of hydrogen-bond donors (Lipinski definition) is 0. The van der Waals surface area contributed by atoms with E-state index in [1.807, 2.05) is 32.0 Å². The maximum absolute atomic E-state index is 12.5. The lowest BCUT2D eigenvalue weighted by Crippen LogP contribution is -2.16. The molecule has 28 heavy (non-hydrogen) atoms. The van der Waals surface area contributed by atoms with Crippen LogP contribution < -0.4 is 4.74 Å². The Morgan fingerprint density at radius 2 is 1.71 bits per heavy atom. The van der Waals surface area contributed by atoms with Gasteiger partial charge in [-0.2, -0.15) is 8.42 Å². The van der Waals surface area contributed by atoms with Gasteiger partial charge in [-0.25, -0.2) is 0 Å². The van der Waals surface area contributed by atoms with Gasteiger partial charge in [0.15, 0.2) is 0 Å². The van der Waals surface area contributed by atoms with E-state index < -0.39 is 10.1 Å². The van der Waals surface area contributed by atoms with Crippen LogP contribution in [0.25, 0.3) is 0 Å². The maximum atomic E-state index is 12.5. The van der Waals surface area contributed by atoms with E-state index in [-0.39, 0.29) is 29.8 Å². The highest BCUT2D eigenvalue weighted by molar-refractivity contribution is 7.86. The molecule has 7 heteroatoms. The molecule has 152 valence electrons. The van der Waals surface area contributed by atoms with Crippen LogP contribution in [0.4, 0.5) is 0 Å². The Kier molecular flexibility index (Phi) is 7.60. The lowest BCUT2D eigenvalue weighted by Gasteiger charge is -2.20. The van der Waals surface area contributed by atoms with Crippen LogP contribution in [0.5, 0.6) is 5.75 Å². The van der Waals surface area contributed by atoms with Gasteiger partial charge < -0.3 is 9.47 Å². The third-order valence-electron chi connectivity index (χ3n) is 4.58. The van der Waals surface area contributed by atoms with Gasteiger partial charge in [-0.3, -0.25) is 8.98 Å². The van der Waals surface area contributed by atoms with Crippen LogP contribution in [0, 0.1) is 13.8 Å². The highest BCUT2D eigenvalue weighted by atomic mass is 32.2. The van der Waals surface area contributed by atoms with Crippen molar-refractivity contribution in [1.29, 1.82) is 0 Å². The van der Waals surface area contributed by atoms with E-state index in [0.717, 1.165) is 16.7 Å². The van der Waals surface area contributed by atoms with E-state index in [0.29, 0.717) is 12.2 Å². The molecule has 0 saturated carbocycles. The van der Waals surface area contributed by atoms with Crippen LogP contribution in [0.15, 0.2) is 47.4 Å². The summed E-state index contributed by atoms with van der Waals surface area (Å²) in [7, 11) is -0.979. The molecular weight excluding hydrogens is 380 g/mol. The molecule has 0 unspecified atom stereocenters. The second kappa shape index (κ2) is 9.71. The van der Waals surface area contributed by atoms with Gasteiger partial charge in [-0.15, -0.1) is 0 Å². The van der Waals surface area contributed by atoms with Crippen LogP contribution in [0.3, 0.4) is 0 Å². The van der Waals surface area contributed by atoms with Crippen molar-refractivity contribution >= 4 is 16.1 Å². The average Bonchev–Trinajstić information content (AvgIpc) is 2.68. The number of carbonyl (C=O) groups is 1. The van der Waals surface area contributed by atoms with Crippen LogP contribution in [0.2, 0.25) is 0 Å². The highest BCUT2D eigenvalue weighted by Crippen LogP contribution is 2.29. The summed E-state index contributed by atoms with van der Waals surface area (Å²) in [4.78, 5) is 11.7. The molecule has 0 radical (unpaired) electrons. The molecule has 0 aromatic heterocycles. The molecule has 0 amide bonds. The van der Waals surface area contributed by atoms with Gasteiger partial charge in [0.05, 0.1) is 25.7 Å². The van der Waals surface area contributed by atoms with E-state index in [1.54, 1.807) is 19.2 Å². The van der Waals surface area contributed by atoms with Crippen molar-refractivity contribution in [2.45, 2.75) is 37.5 Å². The van der Waals surface area contributed by atoms with E-state index >= 15 is 0 Å². The molecule has 0 heterocycles. The molecule has 2 aromatic rings. The topological polar surface area (TPSA) is 78.9 Å². The van der Waals surface area contributed by atoms with Crippen LogP contribution in [-0.4, -0.2) is 35.2 Å². The molecule has 0 saturated heterocycles. The molecule has 0 aliphatic heterocycles. The lowest BCUT2D eigenvalue weighted by atomic mass is 9.91. The largest absolute Gasteiger partial charge is 0.497 e. The molecule has 0 spiro atoms. The van der Waals surface area contributed by atoms with Crippen molar-refractivity contribution in [2.24, 2.45) is 0 Å². The number of ether oxygens (including phenoxy) is 2. The van der Waals surface area contributed by atoms with E-state index in [1.165, 1.54) is 19.2 Å². The molecular formula is C21H26O6S. The fourth-order valence-electron chi connectivity index (χ4n) is 2.90. The molecule has 0 bridgehead atoms. The number of rotatable bonds is 9. The maximum Gasteiger partial charge on any atom is 0.305 e. The Labute approximate surface area is 166 Å². The molecule has 1 atom stereocenters. The summed E-state index contributed by atoms with van der Waals surface area (Å²) in [6.45, 7) is 3.73. The average molecular weight is 407 g/mol. The zero-order chi connectivity index (χ0) is 20.7. The minimum atomic E-state index is -3.89. The van der Waals surface area contributed by atoms with Gasteiger partial charge in [-0.1, -0.05) is 23.8 Å². The smallest absolute Gasteiger partial charge is 0.305 e. The van der Waals surface area contributed by atoms with Crippen molar-refractivity contribution in [1.82, 2.24) is 0 Å². The summed E-state index contributed by atoms with van der Waals surface area (Å²) in [5.74, 6) is 0.0731. The molecule has 0 aliphatic rings. The summed E-state index contributed by atoms with van der Waals surface area (Å²) in [6, 6.07) is 12.0. The minimum Gasteiger partial charge on any atom is -0.497 e. The van der Waals surface area contributed by atoms with E-state index in [9.17, 15) is 13.2 Å². The number of hydrogen-bond acceptors (Lipinski definition) is 6. The van der Waals surface area contributed by atoms with Gasteiger partial charge in [0.25, 0.3) is 10.1 Å². The van der Waals surface area contributed by atoms with E-state index in [4.69, 9.17) is 13.7 Å². The Morgan fingerprint density at radius 3 is 2.29 bits per heavy atom. The van der Waals surface area contributed by atoms with Crippen molar-refractivity contribution in [3.63, 3.8) is 0 Å². The number of benzene rings is 2. The summed E-state index contributed by atoms with van der Waals surface area (Å²) in [5, 5.41) is 0. The first-order chi connectivity index (χ1) is 13.3. The second-order valence-electron chi connectivity index (χ2n) is 6.59. The highest BCUT2D eigenvalue weighted by Gasteiger charge is 2.22. The van der Waals surface area contributed by atoms with Crippen molar-refractivity contribution in [3.05, 3.63) is 59.2 Å². The van der Waals surface area contributed by atoms with Crippen LogP contribution in [-0.2, 0) is 23.8 Å². The quantitative estimate of drug-likeness (QED) is 0.466. The molecule has 6 nitrogen and oxygen atoms in total. The molecule has 2 aromatic carbocycles. The SMILES string of the molecule is COC(=O)CC[C@H](COS(=O)(=O)c1ccc(C)cc1)c1ccc(OC)cc1C. The number of methoxy groups -OCH3 is 2. The first-order valence-electron chi connectivity index (χ1n) is 8.94. The fourth-order valence-corrected chi connectivity index (χ4v) is 3.85. The minimum absolute atomic E-state index is 0.0691. The Bertz CT molecular complexity index is 903. The van der Waals surface area contributed by atoms with Crippen molar-refractivity contribution in [2.75, 3.05) is 20.8 Å². The molecule has 0 aliphatic carbocycles. The summed E-state index contributed by atoms with van der Waals surface area (Å²) in [5.41, 5.74) is 2.80. The standard InChI is InChI=1S/C21H26O6S/c1-15-5-9-19(10-6-15)28(23,24)27-14-17(7-12-21(22)26-4)20-11-8-18(25-3)13-16(20)2/h5-6,8-11,13,17H,7,12,14H2,1-4H3/t17-/m1/s1. The Balaban J connectivity index is 2.21. The lowest BCUT2D eigenvalue weighted by molar-refractivity contribution is -0.140. The fraction of sp³-hybridized carbons (Fsp3) is 0.381. The zero-order valence-electron chi connectivity index (χ0n) is 16.6. The normalized spacial score (nSPS) is 12.4. The van der Waals surface area contributed by atoms with Crippen LogP contribution in [0.1, 0.15) is 35.4 Å². The van der Waals surface area contributed by atoms with Gasteiger partial charge in [0.1, 0.15) is 5.75 Å². The van der Waals surface area contributed by atoms with Gasteiger partial charge in [0.2, 0.25) is 0 Å². The molecule has 2 rings (SSSR count). The summed E-state index contributed by atoms with van der Waals surface area (Å²) >= 11 is 0. The summed E-state index contributed by atoms with van der Waals surface area (Å²) < 4.78 is 40.3. The van der Waals surface area contributed by atoms with Gasteiger partial charge in [-0.05, 0) is 55.7 Å². The number of aryl methyl sites for hydroxylation is 2. The zero-order valence-corrected chi connectivity index (χ0v) is 17.4. The number of carbonyl (C=O) groups excluding carboxylic acids is 1. The molecule has 0 N–H and O–H groups in total. The first-order valence-corrected chi connectivity index (χ1v) is 10.3. The molecule has 0 fully saturated rings. The number of esters is 1. The van der Waals surface area contributed by atoms with Gasteiger partial charge in [0, 0.05) is 12.3 Å². The summed E-state index contributed by atoms with van der Waals surface area (Å²) in [6.07, 6.45) is 0.573. The van der Waals surface area contributed by atoms with E-state index in [2.05, 4.69) is 0 Å². The predicted octanol–water partition coefficient (Wildman–Crippen LogP) is 3.75. The third kappa shape index (κ3) is 5.81. The Hall–Kier alpha value is -2.38. The first kappa shape index (κ1) is 21.9. The monoisotopic (exact) mass is 406 g/mol. The predicted molar refractivity (Wildman–Crippen MR) is 106 cm³/mol. The van der Waals surface area contributed by atoms with Crippen molar-refractivity contribution in [3.8, 4) is 5.75 Å². The second-order valence-corrected chi connectivity index (χ2v) is 8.20. The van der Waals surface area contributed by atoms with Crippen LogP contribution >= 0.6 is 0 Å².